The van der Waals surface area contributed by atoms with Crippen LogP contribution in [0.25, 0.3) is 0 Å². The van der Waals surface area contributed by atoms with Crippen LogP contribution >= 0.6 is 0 Å². The van der Waals surface area contributed by atoms with Gasteiger partial charge in [0, 0.05) is 18.7 Å². The summed E-state index contributed by atoms with van der Waals surface area (Å²) in [6.07, 6.45) is 6.85. The van der Waals surface area contributed by atoms with Gasteiger partial charge in [0.05, 0.1) is 0 Å². The molecule has 1 fully saturated rings. The third-order valence-electron chi connectivity index (χ3n) is 4.02. The number of carbonyl (C=O) groups is 1. The summed E-state index contributed by atoms with van der Waals surface area (Å²) in [5.74, 6) is 0.00386. The summed E-state index contributed by atoms with van der Waals surface area (Å²) >= 11 is 0. The number of rotatable bonds is 4. The van der Waals surface area contributed by atoms with Crippen LogP contribution < -0.4 is 4.74 Å². The maximum atomic E-state index is 12.4. The van der Waals surface area contributed by atoms with Crippen molar-refractivity contribution in [3.05, 3.63) is 29.8 Å². The van der Waals surface area contributed by atoms with Crippen LogP contribution in [0.2, 0.25) is 0 Å². The summed E-state index contributed by atoms with van der Waals surface area (Å²) in [5, 5.41) is 0. The fraction of sp³-hybridized carbons (Fsp3) is 0.562. The van der Waals surface area contributed by atoms with Gasteiger partial charge in [-0.25, -0.2) is 0 Å². The zero-order valence-corrected chi connectivity index (χ0v) is 12.2. The van der Waals surface area contributed by atoms with E-state index in [2.05, 4.69) is 4.74 Å². The van der Waals surface area contributed by atoms with Gasteiger partial charge in [-0.05, 0) is 37.1 Å². The van der Waals surface area contributed by atoms with Gasteiger partial charge < -0.3 is 9.64 Å². The summed E-state index contributed by atoms with van der Waals surface area (Å²) in [4.78, 5) is 14.2. The second-order valence-corrected chi connectivity index (χ2v) is 5.46. The van der Waals surface area contributed by atoms with E-state index in [0.717, 1.165) is 25.7 Å². The third-order valence-corrected chi connectivity index (χ3v) is 4.02. The van der Waals surface area contributed by atoms with Crippen molar-refractivity contribution in [2.75, 3.05) is 7.05 Å². The smallest absolute Gasteiger partial charge is 0.387 e. The molecule has 0 aromatic heterocycles. The first-order valence-electron chi connectivity index (χ1n) is 7.40. The van der Waals surface area contributed by atoms with Crippen molar-refractivity contribution in [1.29, 1.82) is 0 Å². The van der Waals surface area contributed by atoms with Gasteiger partial charge in [0.25, 0.3) is 5.91 Å². The number of hydrogen-bond acceptors (Lipinski definition) is 2. The fourth-order valence-corrected chi connectivity index (χ4v) is 2.79. The van der Waals surface area contributed by atoms with Crippen molar-refractivity contribution in [2.24, 2.45) is 0 Å². The van der Waals surface area contributed by atoms with Gasteiger partial charge in [0.15, 0.2) is 0 Å². The summed E-state index contributed by atoms with van der Waals surface area (Å²) in [6, 6.07) is 6.15. The van der Waals surface area contributed by atoms with Gasteiger partial charge in [-0.3, -0.25) is 4.79 Å². The van der Waals surface area contributed by atoms with Gasteiger partial charge >= 0.3 is 6.61 Å². The van der Waals surface area contributed by atoms with E-state index in [9.17, 15) is 13.6 Å². The predicted molar refractivity (Wildman–Crippen MR) is 76.7 cm³/mol. The number of alkyl halides is 2. The maximum Gasteiger partial charge on any atom is 0.387 e. The third kappa shape index (κ3) is 4.41. The largest absolute Gasteiger partial charge is 0.435 e. The predicted octanol–water partition coefficient (Wildman–Crippen LogP) is 4.08. The summed E-state index contributed by atoms with van der Waals surface area (Å²) in [6.45, 7) is -2.85. The lowest BCUT2D eigenvalue weighted by molar-refractivity contribution is -0.0498. The van der Waals surface area contributed by atoms with Crippen molar-refractivity contribution in [2.45, 2.75) is 51.2 Å². The Balaban J connectivity index is 2.01. The Morgan fingerprint density at radius 1 is 1.14 bits per heavy atom. The average molecular weight is 297 g/mol. The van der Waals surface area contributed by atoms with Crippen molar-refractivity contribution >= 4 is 5.91 Å². The lowest BCUT2D eigenvalue weighted by Crippen LogP contribution is -2.36. The van der Waals surface area contributed by atoms with Crippen LogP contribution in [0, 0.1) is 0 Å². The molecule has 21 heavy (non-hydrogen) atoms. The number of nitrogens with zero attached hydrogens (tertiary/aromatic N) is 1. The van der Waals surface area contributed by atoms with Crippen LogP contribution in [0.15, 0.2) is 24.3 Å². The lowest BCUT2D eigenvalue weighted by atomic mass is 10.1. The van der Waals surface area contributed by atoms with Crippen molar-refractivity contribution in [1.82, 2.24) is 4.90 Å². The van der Waals surface area contributed by atoms with Gasteiger partial charge in [-0.1, -0.05) is 25.7 Å². The molecular formula is C16H21F2NO2. The van der Waals surface area contributed by atoms with E-state index >= 15 is 0 Å². The molecule has 1 aliphatic rings. The highest BCUT2D eigenvalue weighted by atomic mass is 19.3. The minimum absolute atomic E-state index is 0.0644. The number of hydrogen-bond donors (Lipinski definition) is 0. The van der Waals surface area contributed by atoms with Gasteiger partial charge in [-0.15, -0.1) is 0 Å². The van der Waals surface area contributed by atoms with E-state index in [1.807, 2.05) is 7.05 Å². The number of ether oxygens (including phenoxy) is 1. The van der Waals surface area contributed by atoms with E-state index in [1.54, 1.807) is 4.90 Å². The summed E-state index contributed by atoms with van der Waals surface area (Å²) in [5.41, 5.74) is 0.503. The molecule has 0 radical (unpaired) electrons. The minimum atomic E-state index is -2.85. The Morgan fingerprint density at radius 2 is 1.71 bits per heavy atom. The summed E-state index contributed by atoms with van der Waals surface area (Å²) in [7, 11) is 1.82. The highest BCUT2D eigenvalue weighted by Crippen LogP contribution is 2.23. The van der Waals surface area contributed by atoms with Crippen molar-refractivity contribution < 1.29 is 18.3 Å². The van der Waals surface area contributed by atoms with Crippen LogP contribution in [0.4, 0.5) is 8.78 Å². The molecule has 0 bridgehead atoms. The topological polar surface area (TPSA) is 29.5 Å². The average Bonchev–Trinajstić information content (AvgIpc) is 2.75. The Hall–Kier alpha value is -1.65. The van der Waals surface area contributed by atoms with Crippen LogP contribution in [0.1, 0.15) is 48.9 Å². The molecule has 0 N–H and O–H groups in total. The van der Waals surface area contributed by atoms with E-state index in [-0.39, 0.29) is 17.7 Å². The Morgan fingerprint density at radius 3 is 2.24 bits per heavy atom. The molecule has 1 saturated carbocycles. The van der Waals surface area contributed by atoms with E-state index in [4.69, 9.17) is 0 Å². The lowest BCUT2D eigenvalue weighted by Gasteiger charge is -2.27. The maximum absolute atomic E-state index is 12.4. The van der Waals surface area contributed by atoms with Crippen LogP contribution in [-0.2, 0) is 0 Å². The van der Waals surface area contributed by atoms with Gasteiger partial charge in [0.1, 0.15) is 5.75 Å². The molecule has 2 rings (SSSR count). The molecule has 0 spiro atoms. The molecule has 3 nitrogen and oxygen atoms in total. The standard InChI is InChI=1S/C16H21F2NO2/c1-19(13-6-4-2-3-5-7-13)15(20)12-8-10-14(11-9-12)21-16(17)18/h8-11,13,16H,2-7H2,1H3. The van der Waals surface area contributed by atoms with Crippen LogP contribution in [0.3, 0.4) is 0 Å². The molecule has 0 atom stereocenters. The minimum Gasteiger partial charge on any atom is -0.435 e. The highest BCUT2D eigenvalue weighted by molar-refractivity contribution is 5.94. The van der Waals surface area contributed by atoms with E-state index in [1.165, 1.54) is 37.1 Å². The molecule has 0 saturated heterocycles. The fourth-order valence-electron chi connectivity index (χ4n) is 2.79. The Kier molecular flexibility index (Phi) is 5.53. The zero-order chi connectivity index (χ0) is 15.2. The second kappa shape index (κ2) is 7.38. The van der Waals surface area contributed by atoms with Crippen LogP contribution in [0.5, 0.6) is 5.75 Å². The molecule has 1 amide bonds. The molecular weight excluding hydrogens is 276 g/mol. The van der Waals surface area contributed by atoms with Gasteiger partial charge in [0.2, 0.25) is 0 Å². The summed E-state index contributed by atoms with van der Waals surface area (Å²) < 4.78 is 28.5. The van der Waals surface area contributed by atoms with E-state index in [0.29, 0.717) is 5.56 Å². The monoisotopic (exact) mass is 297 g/mol. The molecule has 0 aliphatic heterocycles. The van der Waals surface area contributed by atoms with Gasteiger partial charge in [-0.2, -0.15) is 8.78 Å². The molecule has 0 heterocycles. The Labute approximate surface area is 123 Å². The van der Waals surface area contributed by atoms with Crippen LogP contribution in [-0.4, -0.2) is 30.5 Å². The van der Waals surface area contributed by atoms with Crippen molar-refractivity contribution in [3.63, 3.8) is 0 Å². The number of benzene rings is 1. The highest BCUT2D eigenvalue weighted by Gasteiger charge is 2.22. The number of halogens is 2. The quantitative estimate of drug-likeness (QED) is 0.784. The molecule has 116 valence electrons. The van der Waals surface area contributed by atoms with Crippen molar-refractivity contribution in [3.8, 4) is 5.75 Å². The Bertz CT molecular complexity index is 454. The first kappa shape index (κ1) is 15.7. The second-order valence-electron chi connectivity index (χ2n) is 5.46. The van der Waals surface area contributed by atoms with E-state index < -0.39 is 6.61 Å². The number of amides is 1. The molecule has 1 aromatic carbocycles. The molecule has 0 unspecified atom stereocenters. The SMILES string of the molecule is CN(C(=O)c1ccc(OC(F)F)cc1)C1CCCCCC1. The normalized spacial score (nSPS) is 16.6. The molecule has 1 aliphatic carbocycles. The zero-order valence-electron chi connectivity index (χ0n) is 12.2. The molecule has 1 aromatic rings. The molecule has 5 heteroatoms. The first-order chi connectivity index (χ1) is 10.1. The first-order valence-corrected chi connectivity index (χ1v) is 7.40. The number of carbonyl (C=O) groups excluding carboxylic acids is 1.